The van der Waals surface area contributed by atoms with Crippen molar-refractivity contribution in [2.24, 2.45) is 0 Å². The molecule has 0 radical (unpaired) electrons. The van der Waals surface area contributed by atoms with Crippen molar-refractivity contribution in [3.63, 3.8) is 0 Å². The Morgan fingerprint density at radius 1 is 1.03 bits per heavy atom. The molecule has 218 valence electrons. The summed E-state index contributed by atoms with van der Waals surface area (Å²) in [6, 6.07) is -1.04. The van der Waals surface area contributed by atoms with Crippen LogP contribution in [0.3, 0.4) is 0 Å². The number of aliphatic carboxylic acids is 4. The monoisotopic (exact) mass is 571 g/mol. The molecule has 2 rings (SSSR count). The molecule has 15 heteroatoms. The Balaban J connectivity index is 0.00000177. The van der Waals surface area contributed by atoms with Crippen molar-refractivity contribution in [2.75, 3.05) is 72.6 Å². The van der Waals surface area contributed by atoms with Gasteiger partial charge in [0.05, 0.1) is 20.2 Å². The van der Waals surface area contributed by atoms with Gasteiger partial charge in [0.25, 0.3) is 5.97 Å². The van der Waals surface area contributed by atoms with E-state index in [4.69, 9.17) is 25.0 Å². The molecule has 0 aromatic rings. The van der Waals surface area contributed by atoms with Crippen molar-refractivity contribution in [1.82, 2.24) is 20.0 Å². The number of nitrogens with zero attached hydrogens (tertiary/aromatic N) is 4. The molecule has 0 amide bonds. The Morgan fingerprint density at radius 2 is 1.56 bits per heavy atom. The van der Waals surface area contributed by atoms with Crippen LogP contribution >= 0.6 is 11.8 Å². The molecule has 0 aromatic heterocycles. The van der Waals surface area contributed by atoms with Crippen molar-refractivity contribution in [3.8, 4) is 5.40 Å². The van der Waals surface area contributed by atoms with Gasteiger partial charge in [0.15, 0.2) is 0 Å². The smallest absolute Gasteiger partial charge is 0.325 e. The molecular formula is C24H37N5O9S. The van der Waals surface area contributed by atoms with Crippen LogP contribution in [0.4, 0.5) is 0 Å². The van der Waals surface area contributed by atoms with E-state index in [9.17, 15) is 24.6 Å². The molecule has 1 heterocycles. The Labute approximate surface area is 231 Å². The van der Waals surface area contributed by atoms with Gasteiger partial charge in [0.2, 0.25) is 0 Å². The molecule has 1 aliphatic carbocycles. The summed E-state index contributed by atoms with van der Waals surface area (Å²) in [6.07, 6.45) is 4.12. The lowest BCUT2D eigenvalue weighted by Crippen LogP contribution is -2.51. The summed E-state index contributed by atoms with van der Waals surface area (Å²) in [5.74, 6) is -3.40. The van der Waals surface area contributed by atoms with Crippen LogP contribution in [0.1, 0.15) is 13.3 Å². The number of hydrogen-bond acceptors (Lipinski definition) is 11. The number of carbonyl (C=O) groups is 4. The zero-order valence-electron chi connectivity index (χ0n) is 22.1. The second kappa shape index (κ2) is 18.2. The zero-order valence-corrected chi connectivity index (χ0v) is 22.9. The first-order chi connectivity index (χ1) is 18.5. The molecular weight excluding hydrogens is 534 g/mol. The summed E-state index contributed by atoms with van der Waals surface area (Å²) in [7, 11) is 1.48. The molecule has 5 N–H and O–H groups in total. The fraction of sp³-hybridized carbons (Fsp3) is 0.625. The lowest BCUT2D eigenvalue weighted by atomic mass is 9.96. The molecule has 2 atom stereocenters. The quantitative estimate of drug-likeness (QED) is 0.224. The molecule has 1 fully saturated rings. The van der Waals surface area contributed by atoms with E-state index >= 15 is 0 Å². The summed E-state index contributed by atoms with van der Waals surface area (Å²) >= 11 is 1.06. The first kappa shape index (κ1) is 33.9. The number of nitrogens with one attached hydrogen (secondary N) is 1. The van der Waals surface area contributed by atoms with Gasteiger partial charge < -0.3 is 30.5 Å². The van der Waals surface area contributed by atoms with Crippen molar-refractivity contribution < 1.29 is 44.3 Å². The Morgan fingerprint density at radius 3 is 2.08 bits per heavy atom. The van der Waals surface area contributed by atoms with Gasteiger partial charge in [-0.25, -0.2) is 0 Å². The van der Waals surface area contributed by atoms with Gasteiger partial charge in [-0.3, -0.25) is 33.9 Å². The highest BCUT2D eigenvalue weighted by Crippen LogP contribution is 2.30. The number of ether oxygens (including phenoxy) is 1. The van der Waals surface area contributed by atoms with Gasteiger partial charge in [-0.1, -0.05) is 6.08 Å². The molecule has 1 aliphatic heterocycles. The van der Waals surface area contributed by atoms with E-state index in [-0.39, 0.29) is 31.4 Å². The molecule has 1 saturated heterocycles. The standard InChI is InChI=1S/C22H33N5O7S.C2H4O2/c1-34-18-3-2-16(35-15-23)12-17(18)21(22(32)33)27-7-5-24-4-6-25(13-19(28)29)8-9-26(10-11-27)14-20(30)31;1-2(3)4/h3,12,16,21,24H,2,4-11,13-14H2,1H3,(H,28,29)(H,30,31)(H,32,33);1H3,(H,3,4). The van der Waals surface area contributed by atoms with Crippen molar-refractivity contribution in [2.45, 2.75) is 24.6 Å². The van der Waals surface area contributed by atoms with E-state index in [1.165, 1.54) is 7.11 Å². The van der Waals surface area contributed by atoms with Crippen LogP contribution in [0, 0.1) is 10.7 Å². The molecule has 0 spiro atoms. The molecule has 2 aliphatic rings. The van der Waals surface area contributed by atoms with Gasteiger partial charge in [-0.05, 0) is 24.3 Å². The first-order valence-electron chi connectivity index (χ1n) is 12.2. The number of thioether (sulfide) groups is 1. The van der Waals surface area contributed by atoms with Gasteiger partial charge >= 0.3 is 17.9 Å². The van der Waals surface area contributed by atoms with Crippen molar-refractivity contribution in [1.29, 1.82) is 5.26 Å². The first-order valence-corrected chi connectivity index (χ1v) is 13.1. The number of hydrogen-bond donors (Lipinski definition) is 5. The summed E-state index contributed by atoms with van der Waals surface area (Å²) in [4.78, 5) is 49.3. The van der Waals surface area contributed by atoms with Crippen LogP contribution in [-0.4, -0.2) is 143 Å². The van der Waals surface area contributed by atoms with Crippen LogP contribution in [-0.2, 0) is 23.9 Å². The minimum atomic E-state index is -1.06. The maximum atomic E-state index is 12.5. The highest BCUT2D eigenvalue weighted by molar-refractivity contribution is 8.04. The Kier molecular flexibility index (Phi) is 15.8. The average molecular weight is 572 g/mol. The number of carboxylic acid groups (broad SMARTS) is 4. The predicted molar refractivity (Wildman–Crippen MR) is 142 cm³/mol. The minimum Gasteiger partial charge on any atom is -0.497 e. The van der Waals surface area contributed by atoms with Crippen molar-refractivity contribution in [3.05, 3.63) is 23.5 Å². The third-order valence-electron chi connectivity index (χ3n) is 5.84. The van der Waals surface area contributed by atoms with E-state index in [1.54, 1.807) is 26.9 Å². The fourth-order valence-corrected chi connectivity index (χ4v) is 4.73. The number of nitriles is 1. The van der Waals surface area contributed by atoms with Crippen LogP contribution in [0.5, 0.6) is 0 Å². The summed E-state index contributed by atoms with van der Waals surface area (Å²) in [5, 5.41) is 50.3. The highest BCUT2D eigenvalue weighted by Gasteiger charge is 2.34. The third kappa shape index (κ3) is 13.5. The van der Waals surface area contributed by atoms with Gasteiger partial charge in [-0.2, -0.15) is 5.26 Å². The molecule has 0 aromatic carbocycles. The number of methoxy groups -OCH3 is 1. The van der Waals surface area contributed by atoms with E-state index < -0.39 is 29.9 Å². The van der Waals surface area contributed by atoms with Crippen LogP contribution in [0.25, 0.3) is 0 Å². The molecule has 0 bridgehead atoms. The van der Waals surface area contributed by atoms with E-state index in [0.29, 0.717) is 57.0 Å². The highest BCUT2D eigenvalue weighted by atomic mass is 32.2. The summed E-state index contributed by atoms with van der Waals surface area (Å²) in [6.45, 7) is 3.75. The second-order valence-corrected chi connectivity index (χ2v) is 9.79. The van der Waals surface area contributed by atoms with E-state index in [0.717, 1.165) is 18.7 Å². The summed E-state index contributed by atoms with van der Waals surface area (Å²) < 4.78 is 5.46. The molecule has 0 saturated carbocycles. The average Bonchev–Trinajstić information content (AvgIpc) is 2.83. The predicted octanol–water partition coefficient (Wildman–Crippen LogP) is -0.348. The third-order valence-corrected chi connectivity index (χ3v) is 6.57. The number of rotatable bonds is 9. The van der Waals surface area contributed by atoms with Crippen molar-refractivity contribution >= 4 is 35.6 Å². The van der Waals surface area contributed by atoms with Crippen LogP contribution < -0.4 is 5.32 Å². The van der Waals surface area contributed by atoms with Gasteiger partial charge in [0.1, 0.15) is 17.2 Å². The SMILES string of the molecule is CC(=O)O.COC1=CCC(SC#N)C=C1C(C(=O)O)N1CCNCCN(CC(=O)O)CCN(CC(=O)O)CC1. The topological polar surface area (TPSA) is 204 Å². The normalized spacial score (nSPS) is 20.8. The number of thiocyanates is 1. The number of carboxylic acids is 4. The Hall–Kier alpha value is -3.16. The van der Waals surface area contributed by atoms with Crippen LogP contribution in [0.2, 0.25) is 0 Å². The molecule has 14 nitrogen and oxygen atoms in total. The minimum absolute atomic E-state index is 0.141. The fourth-order valence-electron chi connectivity index (χ4n) is 4.18. The van der Waals surface area contributed by atoms with E-state index in [2.05, 4.69) is 10.7 Å². The van der Waals surface area contributed by atoms with Gasteiger partial charge in [0, 0.05) is 70.1 Å². The zero-order chi connectivity index (χ0) is 29.4. The lowest BCUT2D eigenvalue weighted by molar-refractivity contribution is -0.142. The Bertz CT molecular complexity index is 949. The number of allylic oxidation sites excluding steroid dienone is 1. The maximum Gasteiger partial charge on any atom is 0.325 e. The van der Waals surface area contributed by atoms with Crippen LogP contribution in [0.15, 0.2) is 23.5 Å². The maximum absolute atomic E-state index is 12.5. The molecule has 39 heavy (non-hydrogen) atoms. The molecule has 2 unspecified atom stereocenters. The largest absolute Gasteiger partial charge is 0.497 e. The second-order valence-electron chi connectivity index (χ2n) is 8.76. The van der Waals surface area contributed by atoms with E-state index in [1.807, 2.05) is 0 Å². The summed E-state index contributed by atoms with van der Waals surface area (Å²) in [5.41, 5.74) is 0.475. The van der Waals surface area contributed by atoms with Gasteiger partial charge in [-0.15, -0.1) is 0 Å². The lowest BCUT2D eigenvalue weighted by Gasteiger charge is -2.35.